The van der Waals surface area contributed by atoms with Crippen molar-refractivity contribution in [2.24, 2.45) is 0 Å². The van der Waals surface area contributed by atoms with Gasteiger partial charge in [0.15, 0.2) is 0 Å². The van der Waals surface area contributed by atoms with Crippen molar-refractivity contribution in [1.29, 1.82) is 5.26 Å². The zero-order valence-corrected chi connectivity index (χ0v) is 12.1. The molecule has 1 aromatic carbocycles. The summed E-state index contributed by atoms with van der Waals surface area (Å²) in [6.45, 7) is 1.61. The van der Waals surface area contributed by atoms with Gasteiger partial charge in [0, 0.05) is 25.4 Å². The summed E-state index contributed by atoms with van der Waals surface area (Å²) in [6, 6.07) is 9.46. The average Bonchev–Trinajstić information content (AvgIpc) is 2.44. The Labute approximate surface area is 123 Å². The maximum atomic E-state index is 11.9. The third-order valence-electron chi connectivity index (χ3n) is 3.31. The van der Waals surface area contributed by atoms with Gasteiger partial charge in [0.05, 0.1) is 0 Å². The number of hydrogen-bond acceptors (Lipinski definition) is 4. The van der Waals surface area contributed by atoms with E-state index in [9.17, 15) is 9.59 Å². The molecule has 0 fully saturated rings. The van der Waals surface area contributed by atoms with Crippen LogP contribution in [-0.4, -0.2) is 25.9 Å². The van der Waals surface area contributed by atoms with Crippen molar-refractivity contribution in [3.8, 4) is 6.07 Å². The van der Waals surface area contributed by atoms with Gasteiger partial charge in [-0.2, -0.15) is 5.26 Å². The number of benzene rings is 1. The number of carbonyl (C=O) groups is 2. The molecular formula is C16H15N3O2. The summed E-state index contributed by atoms with van der Waals surface area (Å²) < 4.78 is 0. The number of nitrogens with zero attached hydrogens (tertiary/aromatic N) is 2. The Hall–Kier alpha value is -2.87. The van der Waals surface area contributed by atoms with E-state index in [1.807, 2.05) is 49.3 Å². The molecule has 0 atom stereocenters. The number of rotatable bonds is 2. The largest absolute Gasteiger partial charge is 0.378 e. The first-order chi connectivity index (χ1) is 9.93. The molecule has 1 aliphatic rings. The van der Waals surface area contributed by atoms with Gasteiger partial charge in [-0.05, 0) is 36.3 Å². The highest BCUT2D eigenvalue weighted by molar-refractivity contribution is 6.19. The van der Waals surface area contributed by atoms with Crippen LogP contribution in [0.4, 0.5) is 5.69 Å². The van der Waals surface area contributed by atoms with Crippen molar-refractivity contribution in [2.75, 3.05) is 19.0 Å². The molecule has 1 aliphatic heterocycles. The number of carbonyl (C=O) groups excluding carboxylic acids is 2. The normalized spacial score (nSPS) is 16.8. The van der Waals surface area contributed by atoms with Crippen LogP contribution in [0.2, 0.25) is 0 Å². The van der Waals surface area contributed by atoms with Gasteiger partial charge in [-0.25, -0.2) is 0 Å². The molecule has 0 unspecified atom stereocenters. The van der Waals surface area contributed by atoms with Crippen LogP contribution in [0.15, 0.2) is 41.0 Å². The van der Waals surface area contributed by atoms with Crippen molar-refractivity contribution < 1.29 is 9.59 Å². The van der Waals surface area contributed by atoms with Crippen molar-refractivity contribution in [3.63, 3.8) is 0 Å². The molecule has 1 aromatic rings. The molecule has 0 saturated heterocycles. The minimum Gasteiger partial charge on any atom is -0.378 e. The van der Waals surface area contributed by atoms with E-state index in [4.69, 9.17) is 5.26 Å². The monoisotopic (exact) mass is 281 g/mol. The Morgan fingerprint density at radius 3 is 2.29 bits per heavy atom. The van der Waals surface area contributed by atoms with Crippen LogP contribution < -0.4 is 10.2 Å². The van der Waals surface area contributed by atoms with Gasteiger partial charge < -0.3 is 4.90 Å². The van der Waals surface area contributed by atoms with Gasteiger partial charge in [-0.1, -0.05) is 12.1 Å². The first kappa shape index (κ1) is 14.5. The van der Waals surface area contributed by atoms with E-state index >= 15 is 0 Å². The lowest BCUT2D eigenvalue weighted by Gasteiger charge is -2.16. The van der Waals surface area contributed by atoms with Crippen LogP contribution >= 0.6 is 0 Å². The number of nitrogens with one attached hydrogen (secondary N) is 1. The van der Waals surface area contributed by atoms with E-state index in [1.54, 1.807) is 13.0 Å². The maximum Gasteiger partial charge on any atom is 0.269 e. The summed E-state index contributed by atoms with van der Waals surface area (Å²) in [4.78, 5) is 25.4. The summed E-state index contributed by atoms with van der Waals surface area (Å²) in [5.41, 5.74) is 2.60. The topological polar surface area (TPSA) is 73.2 Å². The molecule has 1 N–H and O–H groups in total. The molecule has 0 bridgehead atoms. The van der Waals surface area contributed by atoms with E-state index < -0.39 is 11.8 Å². The summed E-state index contributed by atoms with van der Waals surface area (Å²) in [5.74, 6) is -1.12. The first-order valence-corrected chi connectivity index (χ1v) is 6.40. The lowest BCUT2D eigenvalue weighted by molar-refractivity contribution is -0.126. The van der Waals surface area contributed by atoms with Crippen LogP contribution in [0, 0.1) is 11.3 Å². The second-order valence-corrected chi connectivity index (χ2v) is 4.94. The lowest BCUT2D eigenvalue weighted by atomic mass is 9.95. The highest BCUT2D eigenvalue weighted by Crippen LogP contribution is 2.23. The van der Waals surface area contributed by atoms with Gasteiger partial charge in [0.1, 0.15) is 11.6 Å². The molecule has 2 rings (SSSR count). The van der Waals surface area contributed by atoms with E-state index in [-0.39, 0.29) is 5.57 Å². The molecule has 0 saturated carbocycles. The first-order valence-electron chi connectivity index (χ1n) is 6.40. The highest BCUT2D eigenvalue weighted by atomic mass is 16.2. The van der Waals surface area contributed by atoms with E-state index in [1.165, 1.54) is 0 Å². The standard InChI is InChI=1S/C16H15N3O2/c1-10-13(15(20)18-16(21)14(10)9-17)8-11-4-6-12(7-5-11)19(2)3/h4-8H,1-3H3,(H,18,20,21). The van der Waals surface area contributed by atoms with Crippen LogP contribution in [-0.2, 0) is 9.59 Å². The summed E-state index contributed by atoms with van der Waals surface area (Å²) in [5, 5.41) is 11.2. The Kier molecular flexibility index (Phi) is 3.90. The molecule has 1 heterocycles. The third-order valence-corrected chi connectivity index (χ3v) is 3.31. The summed E-state index contributed by atoms with van der Waals surface area (Å²) >= 11 is 0. The van der Waals surface area contributed by atoms with Gasteiger partial charge in [-0.15, -0.1) is 0 Å². The van der Waals surface area contributed by atoms with Crippen molar-refractivity contribution in [1.82, 2.24) is 5.32 Å². The predicted molar refractivity (Wildman–Crippen MR) is 80.2 cm³/mol. The molecular weight excluding hydrogens is 266 g/mol. The summed E-state index contributed by atoms with van der Waals surface area (Å²) in [6.07, 6.45) is 1.67. The lowest BCUT2D eigenvalue weighted by Crippen LogP contribution is -2.37. The SMILES string of the molecule is CC1=C(C#N)C(=O)NC(=O)C1=Cc1ccc(N(C)C)cc1. The minimum atomic E-state index is -0.639. The molecule has 0 aliphatic carbocycles. The van der Waals surface area contributed by atoms with Crippen LogP contribution in [0.3, 0.4) is 0 Å². The molecule has 21 heavy (non-hydrogen) atoms. The average molecular weight is 281 g/mol. The Bertz CT molecular complexity index is 704. The zero-order valence-electron chi connectivity index (χ0n) is 12.1. The summed E-state index contributed by atoms with van der Waals surface area (Å²) in [7, 11) is 3.89. The van der Waals surface area contributed by atoms with Gasteiger partial charge in [0.2, 0.25) is 0 Å². The fourth-order valence-electron chi connectivity index (χ4n) is 2.05. The van der Waals surface area contributed by atoms with Crippen LogP contribution in [0.1, 0.15) is 12.5 Å². The third kappa shape index (κ3) is 2.84. The van der Waals surface area contributed by atoms with E-state index in [2.05, 4.69) is 5.32 Å². The number of hydrogen-bond donors (Lipinski definition) is 1. The molecule has 0 spiro atoms. The van der Waals surface area contributed by atoms with Gasteiger partial charge in [-0.3, -0.25) is 14.9 Å². The van der Waals surface area contributed by atoms with Crippen LogP contribution in [0.5, 0.6) is 0 Å². The maximum absolute atomic E-state index is 11.9. The predicted octanol–water partition coefficient (Wildman–Crippen LogP) is 1.63. The Morgan fingerprint density at radius 1 is 1.14 bits per heavy atom. The van der Waals surface area contributed by atoms with Gasteiger partial charge in [0.25, 0.3) is 11.8 Å². The number of anilines is 1. The fraction of sp³-hybridized carbons (Fsp3) is 0.188. The minimum absolute atomic E-state index is 0.0224. The number of nitriles is 1. The highest BCUT2D eigenvalue weighted by Gasteiger charge is 2.27. The quantitative estimate of drug-likeness (QED) is 0.660. The van der Waals surface area contributed by atoms with Crippen molar-refractivity contribution >= 4 is 23.6 Å². The number of imide groups is 1. The smallest absolute Gasteiger partial charge is 0.269 e. The van der Waals surface area contributed by atoms with E-state index in [0.717, 1.165) is 11.3 Å². The van der Waals surface area contributed by atoms with Crippen molar-refractivity contribution in [2.45, 2.75) is 6.92 Å². The van der Waals surface area contributed by atoms with E-state index in [0.29, 0.717) is 11.1 Å². The molecule has 5 nitrogen and oxygen atoms in total. The second kappa shape index (κ2) is 5.63. The second-order valence-electron chi connectivity index (χ2n) is 4.94. The fourth-order valence-corrected chi connectivity index (χ4v) is 2.05. The van der Waals surface area contributed by atoms with Crippen LogP contribution in [0.25, 0.3) is 6.08 Å². The Morgan fingerprint density at radius 2 is 1.76 bits per heavy atom. The number of amides is 2. The molecule has 106 valence electrons. The zero-order chi connectivity index (χ0) is 15.6. The van der Waals surface area contributed by atoms with Crippen molar-refractivity contribution in [3.05, 3.63) is 46.5 Å². The molecule has 5 heteroatoms. The molecule has 2 amide bonds. The molecule has 0 aromatic heterocycles. The molecule has 0 radical (unpaired) electrons. The Balaban J connectivity index is 2.44. The van der Waals surface area contributed by atoms with Gasteiger partial charge >= 0.3 is 0 Å².